The molecule has 1 aromatic carbocycles. The summed E-state index contributed by atoms with van der Waals surface area (Å²) in [6.45, 7) is 2.00. The van der Waals surface area contributed by atoms with Crippen LogP contribution in [-0.2, 0) is 0 Å². The van der Waals surface area contributed by atoms with E-state index < -0.39 is 0 Å². The molecule has 0 atom stereocenters. The zero-order chi connectivity index (χ0) is 13.9. The van der Waals surface area contributed by atoms with Crippen molar-refractivity contribution in [2.75, 3.05) is 0 Å². The van der Waals surface area contributed by atoms with Gasteiger partial charge in [0, 0.05) is 22.7 Å². The number of allylic oxidation sites excluding steroid dienone is 1. The molecule has 0 saturated heterocycles. The number of hydrogen-bond acceptors (Lipinski definition) is 3. The van der Waals surface area contributed by atoms with E-state index in [2.05, 4.69) is 4.98 Å². The summed E-state index contributed by atoms with van der Waals surface area (Å²) in [5.41, 5.74) is 1.03. The molecule has 3 heteroatoms. The van der Waals surface area contributed by atoms with Crippen molar-refractivity contribution >= 4 is 34.0 Å². The molecule has 0 bridgehead atoms. The number of carbonyl (C=O) groups excluding carboxylic acids is 1. The van der Waals surface area contributed by atoms with E-state index in [1.165, 1.54) is 11.3 Å². The first-order valence-electron chi connectivity index (χ1n) is 6.35. The van der Waals surface area contributed by atoms with Gasteiger partial charge in [-0.25, -0.2) is 0 Å². The van der Waals surface area contributed by atoms with Crippen LogP contribution in [0.25, 0.3) is 16.8 Å². The highest BCUT2D eigenvalue weighted by atomic mass is 32.1. The zero-order valence-electron chi connectivity index (χ0n) is 11.0. The van der Waals surface area contributed by atoms with E-state index >= 15 is 0 Å². The van der Waals surface area contributed by atoms with Gasteiger partial charge in [-0.2, -0.15) is 0 Å². The van der Waals surface area contributed by atoms with Crippen molar-refractivity contribution in [2.45, 2.75) is 6.92 Å². The highest BCUT2D eigenvalue weighted by Gasteiger charge is 2.04. The number of pyridine rings is 1. The van der Waals surface area contributed by atoms with Gasteiger partial charge in [0.15, 0.2) is 5.78 Å². The third-order valence-corrected chi connectivity index (χ3v) is 4.13. The number of nitrogens with zero attached hydrogens (tertiary/aromatic N) is 1. The van der Waals surface area contributed by atoms with Crippen molar-refractivity contribution in [1.29, 1.82) is 0 Å². The molecule has 0 amide bonds. The Morgan fingerprint density at radius 2 is 2.10 bits per heavy atom. The van der Waals surface area contributed by atoms with Crippen LogP contribution in [0.3, 0.4) is 0 Å². The van der Waals surface area contributed by atoms with Gasteiger partial charge in [0.25, 0.3) is 0 Å². The average Bonchev–Trinajstić information content (AvgIpc) is 2.91. The molecular formula is C17H13NOS. The number of ketones is 1. The van der Waals surface area contributed by atoms with E-state index in [1.807, 2.05) is 55.6 Å². The number of rotatable bonds is 3. The Bertz CT molecular complexity index is 796. The van der Waals surface area contributed by atoms with Crippen LogP contribution < -0.4 is 0 Å². The van der Waals surface area contributed by atoms with Crippen LogP contribution >= 0.6 is 11.3 Å². The summed E-state index contributed by atoms with van der Waals surface area (Å²) in [7, 11) is 0. The molecule has 2 heterocycles. The predicted molar refractivity (Wildman–Crippen MR) is 84.2 cm³/mol. The van der Waals surface area contributed by atoms with Gasteiger partial charge < -0.3 is 0 Å². The monoisotopic (exact) mass is 279 g/mol. The molecule has 20 heavy (non-hydrogen) atoms. The topological polar surface area (TPSA) is 30.0 Å². The fraction of sp³-hybridized carbons (Fsp3) is 0.0588. The van der Waals surface area contributed by atoms with E-state index in [0.717, 1.165) is 26.1 Å². The Kier molecular flexibility index (Phi) is 3.44. The lowest BCUT2D eigenvalue weighted by Gasteiger charge is -2.00. The standard InChI is InChI=1S/C17H13NOS/c1-12-5-8-17(20-12)16(19)7-6-13-3-2-4-14-11-18-10-9-15(13)14/h2-11H,1H3/b7-6+. The second-order valence-corrected chi connectivity index (χ2v) is 5.84. The average molecular weight is 279 g/mol. The molecule has 0 fully saturated rings. The lowest BCUT2D eigenvalue weighted by atomic mass is 10.1. The molecule has 98 valence electrons. The van der Waals surface area contributed by atoms with Crippen LogP contribution in [0.5, 0.6) is 0 Å². The SMILES string of the molecule is Cc1ccc(C(=O)/C=C/c2cccc3cnccc23)s1. The first-order chi connectivity index (χ1) is 9.74. The van der Waals surface area contributed by atoms with Crippen LogP contribution in [0.4, 0.5) is 0 Å². The largest absolute Gasteiger partial charge is 0.288 e. The number of benzene rings is 1. The van der Waals surface area contributed by atoms with Crippen LogP contribution in [0.15, 0.2) is 54.9 Å². The molecule has 0 N–H and O–H groups in total. The molecule has 2 nitrogen and oxygen atoms in total. The van der Waals surface area contributed by atoms with Gasteiger partial charge in [-0.15, -0.1) is 11.3 Å². The van der Waals surface area contributed by atoms with Crippen molar-refractivity contribution in [3.63, 3.8) is 0 Å². The van der Waals surface area contributed by atoms with Crippen molar-refractivity contribution in [2.24, 2.45) is 0 Å². The molecule has 2 aromatic heterocycles. The van der Waals surface area contributed by atoms with Crippen molar-refractivity contribution in [3.8, 4) is 0 Å². The minimum atomic E-state index is 0.0501. The lowest BCUT2D eigenvalue weighted by Crippen LogP contribution is -1.89. The molecular weight excluding hydrogens is 266 g/mol. The van der Waals surface area contributed by atoms with E-state index in [4.69, 9.17) is 0 Å². The highest BCUT2D eigenvalue weighted by molar-refractivity contribution is 7.14. The maximum atomic E-state index is 12.1. The number of aromatic nitrogens is 1. The second kappa shape index (κ2) is 5.39. The molecule has 0 unspecified atom stereocenters. The molecule has 0 radical (unpaired) electrons. The fourth-order valence-corrected chi connectivity index (χ4v) is 2.90. The summed E-state index contributed by atoms with van der Waals surface area (Å²) in [6, 6.07) is 11.8. The number of hydrogen-bond donors (Lipinski definition) is 0. The molecule has 3 aromatic rings. The van der Waals surface area contributed by atoms with Gasteiger partial charge in [0.1, 0.15) is 0 Å². The second-order valence-electron chi connectivity index (χ2n) is 4.55. The fourth-order valence-electron chi connectivity index (χ4n) is 2.11. The minimum absolute atomic E-state index is 0.0501. The first kappa shape index (κ1) is 12.8. The number of aryl methyl sites for hydroxylation is 1. The quantitative estimate of drug-likeness (QED) is 0.522. The van der Waals surface area contributed by atoms with E-state index in [9.17, 15) is 4.79 Å². The Labute approximate surface area is 121 Å². The third-order valence-electron chi connectivity index (χ3n) is 3.11. The maximum Gasteiger partial charge on any atom is 0.195 e. The summed E-state index contributed by atoms with van der Waals surface area (Å²) in [4.78, 5) is 18.1. The highest BCUT2D eigenvalue weighted by Crippen LogP contribution is 2.20. The number of thiophene rings is 1. The van der Waals surface area contributed by atoms with Crippen LogP contribution in [0, 0.1) is 6.92 Å². The van der Waals surface area contributed by atoms with Crippen LogP contribution in [0.1, 0.15) is 20.1 Å². The normalized spacial score (nSPS) is 11.2. The first-order valence-corrected chi connectivity index (χ1v) is 7.17. The van der Waals surface area contributed by atoms with E-state index in [0.29, 0.717) is 0 Å². The maximum absolute atomic E-state index is 12.1. The van der Waals surface area contributed by atoms with Gasteiger partial charge in [0.05, 0.1) is 4.88 Å². The molecule has 3 rings (SSSR count). The molecule has 0 aliphatic heterocycles. The van der Waals surface area contributed by atoms with Crippen LogP contribution in [0.2, 0.25) is 0 Å². The summed E-state index contributed by atoms with van der Waals surface area (Å²) in [5.74, 6) is 0.0501. The molecule has 0 saturated carbocycles. The van der Waals surface area contributed by atoms with Gasteiger partial charge >= 0.3 is 0 Å². The van der Waals surface area contributed by atoms with Gasteiger partial charge in [-0.1, -0.05) is 24.3 Å². The molecule has 0 aliphatic rings. The van der Waals surface area contributed by atoms with Crippen molar-refractivity contribution < 1.29 is 4.79 Å². The summed E-state index contributed by atoms with van der Waals surface area (Å²) in [6.07, 6.45) is 7.11. The molecule has 0 aliphatic carbocycles. The minimum Gasteiger partial charge on any atom is -0.288 e. The Hall–Kier alpha value is -2.26. The zero-order valence-corrected chi connectivity index (χ0v) is 11.9. The van der Waals surface area contributed by atoms with Crippen molar-refractivity contribution in [1.82, 2.24) is 4.98 Å². The van der Waals surface area contributed by atoms with Crippen LogP contribution in [-0.4, -0.2) is 10.8 Å². The third kappa shape index (κ3) is 2.53. The predicted octanol–water partition coefficient (Wildman–Crippen LogP) is 4.50. The Morgan fingerprint density at radius 1 is 1.20 bits per heavy atom. The summed E-state index contributed by atoms with van der Waals surface area (Å²) in [5, 5.41) is 2.18. The van der Waals surface area contributed by atoms with Gasteiger partial charge in [-0.3, -0.25) is 9.78 Å². The summed E-state index contributed by atoms with van der Waals surface area (Å²) < 4.78 is 0. The van der Waals surface area contributed by atoms with Gasteiger partial charge in [0.2, 0.25) is 0 Å². The summed E-state index contributed by atoms with van der Waals surface area (Å²) >= 11 is 1.52. The van der Waals surface area contributed by atoms with Crippen molar-refractivity contribution in [3.05, 3.63) is 70.2 Å². The number of fused-ring (bicyclic) bond motifs is 1. The smallest absolute Gasteiger partial charge is 0.195 e. The lowest BCUT2D eigenvalue weighted by molar-refractivity contribution is 0.105. The Morgan fingerprint density at radius 3 is 2.90 bits per heavy atom. The van der Waals surface area contributed by atoms with Gasteiger partial charge in [-0.05, 0) is 42.1 Å². The van der Waals surface area contributed by atoms with E-state index in [-0.39, 0.29) is 5.78 Å². The molecule has 0 spiro atoms. The number of carbonyl (C=O) groups is 1. The Balaban J connectivity index is 1.93. The van der Waals surface area contributed by atoms with E-state index in [1.54, 1.807) is 12.3 Å².